The summed E-state index contributed by atoms with van der Waals surface area (Å²) in [7, 11) is 3.17. The Labute approximate surface area is 180 Å². The lowest BCUT2D eigenvalue weighted by Crippen LogP contribution is -2.32. The zero-order valence-corrected chi connectivity index (χ0v) is 17.7. The van der Waals surface area contributed by atoms with Crippen LogP contribution in [-0.4, -0.2) is 43.0 Å². The summed E-state index contributed by atoms with van der Waals surface area (Å²) < 4.78 is 12.3. The number of benzene rings is 2. The van der Waals surface area contributed by atoms with Crippen molar-refractivity contribution in [2.45, 2.75) is 25.5 Å². The second-order valence-electron chi connectivity index (χ2n) is 7.86. The maximum absolute atomic E-state index is 13.2. The molecule has 1 heterocycles. The number of amides is 1. The van der Waals surface area contributed by atoms with Crippen LogP contribution in [0, 0.1) is 5.92 Å². The number of anilines is 1. The number of aliphatic hydroxyl groups excluding tert-OH is 1. The molecule has 1 amide bonds. The summed E-state index contributed by atoms with van der Waals surface area (Å²) in [6, 6.07) is 12.7. The molecule has 0 aliphatic heterocycles. The number of hydrogen-bond donors (Lipinski definition) is 1. The summed E-state index contributed by atoms with van der Waals surface area (Å²) in [6.07, 6.45) is 3.89. The van der Waals surface area contributed by atoms with Gasteiger partial charge in [-0.2, -0.15) is 0 Å². The third-order valence-electron chi connectivity index (χ3n) is 5.81. The summed E-state index contributed by atoms with van der Waals surface area (Å²) in [5.41, 5.74) is 1.29. The molecule has 0 bridgehead atoms. The van der Waals surface area contributed by atoms with Gasteiger partial charge in [0.1, 0.15) is 11.5 Å². The molecule has 1 atom stereocenters. The highest BCUT2D eigenvalue weighted by molar-refractivity contribution is 5.88. The van der Waals surface area contributed by atoms with Gasteiger partial charge in [0.15, 0.2) is 0 Å². The third kappa shape index (κ3) is 4.41. The minimum absolute atomic E-state index is 0.161. The first kappa shape index (κ1) is 20.9. The van der Waals surface area contributed by atoms with Crippen LogP contribution < -0.4 is 19.9 Å². The van der Waals surface area contributed by atoms with E-state index < -0.39 is 6.10 Å². The number of fused-ring (bicyclic) bond motifs is 1. The van der Waals surface area contributed by atoms with Crippen LogP contribution in [0.3, 0.4) is 0 Å². The summed E-state index contributed by atoms with van der Waals surface area (Å²) in [5.74, 6) is 1.58. The first-order valence-electron chi connectivity index (χ1n) is 10.3. The maximum Gasteiger partial charge on any atom is 0.258 e. The number of nitrogens with zero attached hydrogens (tertiary/aromatic N) is 2. The molecule has 0 spiro atoms. The third-order valence-corrected chi connectivity index (χ3v) is 5.81. The van der Waals surface area contributed by atoms with E-state index in [4.69, 9.17) is 9.47 Å². The minimum atomic E-state index is -0.545. The van der Waals surface area contributed by atoms with Gasteiger partial charge in [0.05, 0.1) is 33.4 Å². The summed E-state index contributed by atoms with van der Waals surface area (Å²) in [5, 5.41) is 11.5. The Morgan fingerprint density at radius 1 is 1.16 bits per heavy atom. The average molecular weight is 422 g/mol. The topological polar surface area (TPSA) is 81.0 Å². The summed E-state index contributed by atoms with van der Waals surface area (Å²) in [4.78, 5) is 26.3. The predicted octanol–water partition coefficient (Wildman–Crippen LogP) is 2.80. The van der Waals surface area contributed by atoms with Gasteiger partial charge in [0.2, 0.25) is 6.41 Å². The largest absolute Gasteiger partial charge is 0.497 e. The van der Waals surface area contributed by atoms with Crippen LogP contribution in [0.1, 0.15) is 18.4 Å². The number of pyridine rings is 1. The molecule has 1 unspecified atom stereocenters. The normalized spacial score (nSPS) is 14.3. The summed E-state index contributed by atoms with van der Waals surface area (Å²) in [6.45, 7) is 0.563. The number of aliphatic hydroxyl groups is 1. The lowest BCUT2D eigenvalue weighted by Gasteiger charge is -2.21. The molecule has 1 fully saturated rings. The van der Waals surface area contributed by atoms with Crippen LogP contribution in [-0.2, 0) is 11.3 Å². The molecule has 4 rings (SSSR count). The Kier molecular flexibility index (Phi) is 5.95. The fourth-order valence-corrected chi connectivity index (χ4v) is 3.78. The number of ether oxygens (including phenoxy) is 2. The van der Waals surface area contributed by atoms with Crippen molar-refractivity contribution in [2.75, 3.05) is 25.7 Å². The molecule has 1 saturated carbocycles. The molecule has 0 radical (unpaired) electrons. The SMILES string of the molecule is COc1ccc(Cn2ccc3ccc(N(C=O)CC(O)C4CC4)cc3c2=O)c(OC)c1. The number of carbonyl (C=O) groups is 1. The Bertz CT molecular complexity index is 1150. The van der Waals surface area contributed by atoms with Gasteiger partial charge in [-0.1, -0.05) is 6.07 Å². The molecular weight excluding hydrogens is 396 g/mol. The van der Waals surface area contributed by atoms with Crippen molar-refractivity contribution in [1.82, 2.24) is 4.57 Å². The predicted molar refractivity (Wildman–Crippen MR) is 119 cm³/mol. The van der Waals surface area contributed by atoms with E-state index in [-0.39, 0.29) is 18.0 Å². The Morgan fingerprint density at radius 2 is 1.97 bits per heavy atom. The minimum Gasteiger partial charge on any atom is -0.497 e. The van der Waals surface area contributed by atoms with Gasteiger partial charge in [0.25, 0.3) is 5.56 Å². The molecule has 1 N–H and O–H groups in total. The highest BCUT2D eigenvalue weighted by Crippen LogP contribution is 2.33. The maximum atomic E-state index is 13.2. The molecule has 3 aromatic rings. The highest BCUT2D eigenvalue weighted by Gasteiger charge is 2.31. The molecular formula is C24H26N2O5. The van der Waals surface area contributed by atoms with Crippen molar-refractivity contribution < 1.29 is 19.4 Å². The Morgan fingerprint density at radius 3 is 2.65 bits per heavy atom. The van der Waals surface area contributed by atoms with Gasteiger partial charge >= 0.3 is 0 Å². The zero-order valence-electron chi connectivity index (χ0n) is 17.7. The monoisotopic (exact) mass is 422 g/mol. The van der Waals surface area contributed by atoms with E-state index in [1.54, 1.807) is 43.2 Å². The number of rotatable bonds is 9. The van der Waals surface area contributed by atoms with Crippen molar-refractivity contribution in [3.63, 3.8) is 0 Å². The van der Waals surface area contributed by atoms with Crippen LogP contribution >= 0.6 is 0 Å². The molecule has 1 aromatic heterocycles. The van der Waals surface area contributed by atoms with E-state index in [1.165, 1.54) is 4.90 Å². The molecule has 7 heteroatoms. The highest BCUT2D eigenvalue weighted by atomic mass is 16.5. The van der Waals surface area contributed by atoms with Crippen molar-refractivity contribution in [3.8, 4) is 11.5 Å². The van der Waals surface area contributed by atoms with Crippen LogP contribution in [0.4, 0.5) is 5.69 Å². The van der Waals surface area contributed by atoms with Crippen molar-refractivity contribution in [2.24, 2.45) is 5.92 Å². The fourth-order valence-electron chi connectivity index (χ4n) is 3.78. The lowest BCUT2D eigenvalue weighted by molar-refractivity contribution is -0.107. The smallest absolute Gasteiger partial charge is 0.258 e. The molecule has 0 saturated heterocycles. The van der Waals surface area contributed by atoms with E-state index >= 15 is 0 Å². The standard InChI is InChI=1S/C24H26N2O5/c1-30-20-8-6-18(23(12-20)31-2)13-25-10-9-16-5-7-19(11-21(16)24(25)29)26(15-27)14-22(28)17-3-4-17/h5-12,15,17,22,28H,3-4,13-14H2,1-2H3. The lowest BCUT2D eigenvalue weighted by atomic mass is 10.1. The van der Waals surface area contributed by atoms with E-state index in [0.29, 0.717) is 35.5 Å². The number of aromatic nitrogens is 1. The van der Waals surface area contributed by atoms with E-state index in [2.05, 4.69) is 0 Å². The molecule has 1 aliphatic carbocycles. The van der Waals surface area contributed by atoms with Gasteiger partial charge in [-0.15, -0.1) is 0 Å². The van der Waals surface area contributed by atoms with E-state index in [0.717, 1.165) is 23.8 Å². The zero-order chi connectivity index (χ0) is 22.0. The van der Waals surface area contributed by atoms with Crippen molar-refractivity contribution >= 4 is 22.9 Å². The van der Waals surface area contributed by atoms with Crippen molar-refractivity contribution in [3.05, 3.63) is 64.6 Å². The summed E-state index contributed by atoms with van der Waals surface area (Å²) >= 11 is 0. The van der Waals surface area contributed by atoms with Crippen LogP contribution in [0.15, 0.2) is 53.5 Å². The fraction of sp³-hybridized carbons (Fsp3) is 0.333. The Hall–Kier alpha value is -3.32. The number of methoxy groups -OCH3 is 2. The van der Waals surface area contributed by atoms with Gasteiger partial charge in [-0.3, -0.25) is 9.59 Å². The van der Waals surface area contributed by atoms with Crippen molar-refractivity contribution in [1.29, 1.82) is 0 Å². The van der Waals surface area contributed by atoms with Crippen LogP contribution in [0.5, 0.6) is 11.5 Å². The number of carbonyl (C=O) groups excluding carboxylic acids is 1. The van der Waals surface area contributed by atoms with Crippen LogP contribution in [0.25, 0.3) is 10.8 Å². The van der Waals surface area contributed by atoms with Gasteiger partial charge in [-0.25, -0.2) is 0 Å². The second-order valence-corrected chi connectivity index (χ2v) is 7.86. The molecule has 31 heavy (non-hydrogen) atoms. The quantitative estimate of drug-likeness (QED) is 0.537. The molecule has 162 valence electrons. The van der Waals surface area contributed by atoms with E-state index in [1.807, 2.05) is 24.3 Å². The van der Waals surface area contributed by atoms with Gasteiger partial charge < -0.3 is 24.0 Å². The molecule has 1 aliphatic rings. The van der Waals surface area contributed by atoms with Crippen LogP contribution in [0.2, 0.25) is 0 Å². The van der Waals surface area contributed by atoms with Gasteiger partial charge in [-0.05, 0) is 54.5 Å². The first-order chi connectivity index (χ1) is 15.0. The van der Waals surface area contributed by atoms with Gasteiger partial charge in [0, 0.05) is 28.9 Å². The second kappa shape index (κ2) is 8.81. The number of hydrogen-bond acceptors (Lipinski definition) is 5. The first-order valence-corrected chi connectivity index (χ1v) is 10.3. The van der Waals surface area contributed by atoms with E-state index in [9.17, 15) is 14.7 Å². The molecule has 7 nitrogen and oxygen atoms in total. The Balaban J connectivity index is 1.66. The average Bonchev–Trinajstić information content (AvgIpc) is 3.65. The molecule has 2 aromatic carbocycles.